The first-order chi connectivity index (χ1) is 13.5. The van der Waals surface area contributed by atoms with E-state index in [-0.39, 0.29) is 5.78 Å². The number of benzene rings is 2. The lowest BCUT2D eigenvalue weighted by atomic mass is 9.97. The number of Topliss-reactive ketones (excluding diaryl/α,β-unsaturated/α-hetero) is 1. The standard InChI is InChI=1S/C25H28N2O/c1-5-18(4)14-24(28)21-10-12-22(13-11-21)25-26-15-23(16-27-25)20-8-6-19(7-9-20)17(2)3/h6-13,15-18H,5,14H2,1-4H3/t18-/m0/s1. The molecule has 1 atom stereocenters. The van der Waals surface area contributed by atoms with Crippen LogP contribution in [-0.2, 0) is 0 Å². The van der Waals surface area contributed by atoms with Gasteiger partial charge in [-0.25, -0.2) is 9.97 Å². The van der Waals surface area contributed by atoms with Gasteiger partial charge in [-0.1, -0.05) is 82.6 Å². The third kappa shape index (κ3) is 4.72. The molecule has 0 aliphatic rings. The molecule has 0 saturated heterocycles. The quantitative estimate of drug-likeness (QED) is 0.441. The molecule has 3 heteroatoms. The monoisotopic (exact) mass is 372 g/mol. The van der Waals surface area contributed by atoms with Gasteiger partial charge in [0.05, 0.1) is 0 Å². The molecule has 0 N–H and O–H groups in total. The molecule has 28 heavy (non-hydrogen) atoms. The number of carbonyl (C=O) groups excluding carboxylic acids is 1. The van der Waals surface area contributed by atoms with Crippen molar-refractivity contribution in [2.75, 3.05) is 0 Å². The van der Waals surface area contributed by atoms with Crippen LogP contribution in [0.2, 0.25) is 0 Å². The molecular weight excluding hydrogens is 344 g/mol. The molecule has 0 bridgehead atoms. The normalized spacial score (nSPS) is 12.2. The summed E-state index contributed by atoms with van der Waals surface area (Å²) in [6, 6.07) is 16.2. The van der Waals surface area contributed by atoms with Crippen LogP contribution < -0.4 is 0 Å². The van der Waals surface area contributed by atoms with E-state index < -0.39 is 0 Å². The zero-order valence-electron chi connectivity index (χ0n) is 17.1. The van der Waals surface area contributed by atoms with Crippen molar-refractivity contribution in [2.45, 2.75) is 46.5 Å². The summed E-state index contributed by atoms with van der Waals surface area (Å²) in [6.45, 7) is 8.60. The van der Waals surface area contributed by atoms with E-state index in [1.807, 2.05) is 36.7 Å². The zero-order valence-corrected chi connectivity index (χ0v) is 17.1. The predicted octanol–water partition coefficient (Wildman–Crippen LogP) is 6.55. The van der Waals surface area contributed by atoms with Crippen molar-refractivity contribution in [1.29, 1.82) is 0 Å². The van der Waals surface area contributed by atoms with Crippen LogP contribution in [-0.4, -0.2) is 15.8 Å². The summed E-state index contributed by atoms with van der Waals surface area (Å²) in [5.41, 5.74) is 5.11. The molecule has 3 rings (SSSR count). The Kier molecular flexibility index (Phi) is 6.35. The molecule has 0 radical (unpaired) electrons. The summed E-state index contributed by atoms with van der Waals surface area (Å²) >= 11 is 0. The maximum atomic E-state index is 12.3. The van der Waals surface area contributed by atoms with E-state index in [9.17, 15) is 4.79 Å². The first kappa shape index (κ1) is 19.9. The summed E-state index contributed by atoms with van der Waals surface area (Å²) in [5, 5.41) is 0. The zero-order chi connectivity index (χ0) is 20.1. The Morgan fingerprint density at radius 2 is 1.39 bits per heavy atom. The molecular formula is C25H28N2O. The molecule has 3 aromatic rings. The topological polar surface area (TPSA) is 42.9 Å². The molecule has 0 fully saturated rings. The van der Waals surface area contributed by atoms with Gasteiger partial charge < -0.3 is 0 Å². The lowest BCUT2D eigenvalue weighted by Crippen LogP contribution is -2.05. The highest BCUT2D eigenvalue weighted by Gasteiger charge is 2.11. The fourth-order valence-electron chi connectivity index (χ4n) is 3.07. The maximum absolute atomic E-state index is 12.3. The Bertz CT molecular complexity index is 910. The molecule has 0 aliphatic carbocycles. The molecule has 0 amide bonds. The highest BCUT2D eigenvalue weighted by atomic mass is 16.1. The number of ketones is 1. The number of nitrogens with zero attached hydrogens (tertiary/aromatic N) is 2. The molecule has 1 heterocycles. The van der Waals surface area contributed by atoms with Crippen LogP contribution in [0.3, 0.4) is 0 Å². The number of hydrogen-bond donors (Lipinski definition) is 0. The second kappa shape index (κ2) is 8.92. The third-order valence-corrected chi connectivity index (χ3v) is 5.26. The van der Waals surface area contributed by atoms with Gasteiger partial charge >= 0.3 is 0 Å². The van der Waals surface area contributed by atoms with Crippen molar-refractivity contribution in [1.82, 2.24) is 9.97 Å². The van der Waals surface area contributed by atoms with Crippen molar-refractivity contribution in [3.05, 3.63) is 72.1 Å². The van der Waals surface area contributed by atoms with E-state index in [0.29, 0.717) is 24.1 Å². The molecule has 1 aromatic heterocycles. The first-order valence-electron chi connectivity index (χ1n) is 10.0. The highest BCUT2D eigenvalue weighted by molar-refractivity contribution is 5.96. The van der Waals surface area contributed by atoms with Crippen LogP contribution in [0.25, 0.3) is 22.5 Å². The second-order valence-electron chi connectivity index (χ2n) is 7.79. The molecule has 0 aliphatic heterocycles. The van der Waals surface area contributed by atoms with E-state index in [0.717, 1.165) is 28.7 Å². The fraction of sp³-hybridized carbons (Fsp3) is 0.320. The Hall–Kier alpha value is -2.81. The van der Waals surface area contributed by atoms with E-state index in [1.54, 1.807) is 0 Å². The minimum Gasteiger partial charge on any atom is -0.294 e. The summed E-state index contributed by atoms with van der Waals surface area (Å²) < 4.78 is 0. The van der Waals surface area contributed by atoms with Gasteiger partial charge in [0.2, 0.25) is 0 Å². The molecule has 0 unspecified atom stereocenters. The largest absolute Gasteiger partial charge is 0.294 e. The average Bonchev–Trinajstić information content (AvgIpc) is 2.74. The van der Waals surface area contributed by atoms with Crippen LogP contribution in [0.15, 0.2) is 60.9 Å². The van der Waals surface area contributed by atoms with Crippen molar-refractivity contribution >= 4 is 5.78 Å². The van der Waals surface area contributed by atoms with Crippen LogP contribution in [0.4, 0.5) is 0 Å². The van der Waals surface area contributed by atoms with Crippen LogP contribution in [0.1, 0.15) is 62.4 Å². The first-order valence-corrected chi connectivity index (χ1v) is 10.0. The minimum atomic E-state index is 0.196. The van der Waals surface area contributed by atoms with Gasteiger partial charge in [-0.3, -0.25) is 4.79 Å². The molecule has 2 aromatic carbocycles. The van der Waals surface area contributed by atoms with E-state index in [1.165, 1.54) is 5.56 Å². The number of hydrogen-bond acceptors (Lipinski definition) is 3. The van der Waals surface area contributed by atoms with Gasteiger partial charge in [0.25, 0.3) is 0 Å². The summed E-state index contributed by atoms with van der Waals surface area (Å²) in [5.74, 6) is 1.80. The smallest absolute Gasteiger partial charge is 0.163 e. The third-order valence-electron chi connectivity index (χ3n) is 5.26. The van der Waals surface area contributed by atoms with Gasteiger partial charge in [0, 0.05) is 35.5 Å². The maximum Gasteiger partial charge on any atom is 0.163 e. The average molecular weight is 373 g/mol. The Balaban J connectivity index is 1.73. The van der Waals surface area contributed by atoms with E-state index in [2.05, 4.69) is 61.9 Å². The van der Waals surface area contributed by atoms with Gasteiger partial charge in [0.15, 0.2) is 11.6 Å². The van der Waals surface area contributed by atoms with Crippen LogP contribution >= 0.6 is 0 Å². The van der Waals surface area contributed by atoms with Crippen molar-refractivity contribution in [3.8, 4) is 22.5 Å². The molecule has 0 saturated carbocycles. The van der Waals surface area contributed by atoms with Crippen LogP contribution in [0.5, 0.6) is 0 Å². The van der Waals surface area contributed by atoms with Crippen molar-refractivity contribution in [2.24, 2.45) is 5.92 Å². The molecule has 144 valence electrons. The molecule has 3 nitrogen and oxygen atoms in total. The predicted molar refractivity (Wildman–Crippen MR) is 115 cm³/mol. The number of aromatic nitrogens is 2. The summed E-state index contributed by atoms with van der Waals surface area (Å²) in [6.07, 6.45) is 5.32. The Morgan fingerprint density at radius 3 is 1.93 bits per heavy atom. The van der Waals surface area contributed by atoms with E-state index >= 15 is 0 Å². The second-order valence-corrected chi connectivity index (χ2v) is 7.79. The Labute approximate surface area is 167 Å². The fourth-order valence-corrected chi connectivity index (χ4v) is 3.07. The van der Waals surface area contributed by atoms with Crippen molar-refractivity contribution in [3.63, 3.8) is 0 Å². The Morgan fingerprint density at radius 1 is 0.821 bits per heavy atom. The number of rotatable bonds is 7. The lowest BCUT2D eigenvalue weighted by molar-refractivity contribution is 0.0963. The van der Waals surface area contributed by atoms with Crippen LogP contribution in [0, 0.1) is 5.92 Å². The lowest BCUT2D eigenvalue weighted by Gasteiger charge is -2.08. The van der Waals surface area contributed by atoms with Gasteiger partial charge in [0.1, 0.15) is 0 Å². The summed E-state index contributed by atoms with van der Waals surface area (Å²) in [4.78, 5) is 21.3. The SMILES string of the molecule is CC[C@H](C)CC(=O)c1ccc(-c2ncc(-c3ccc(C(C)C)cc3)cn2)cc1. The van der Waals surface area contributed by atoms with Gasteiger partial charge in [-0.2, -0.15) is 0 Å². The van der Waals surface area contributed by atoms with Gasteiger partial charge in [-0.05, 0) is 23.0 Å². The highest BCUT2D eigenvalue weighted by Crippen LogP contribution is 2.23. The van der Waals surface area contributed by atoms with Gasteiger partial charge in [-0.15, -0.1) is 0 Å². The van der Waals surface area contributed by atoms with E-state index in [4.69, 9.17) is 0 Å². The summed E-state index contributed by atoms with van der Waals surface area (Å²) in [7, 11) is 0. The van der Waals surface area contributed by atoms with Crippen molar-refractivity contribution < 1.29 is 4.79 Å². The molecule has 0 spiro atoms. The number of carbonyl (C=O) groups is 1. The minimum absolute atomic E-state index is 0.196.